The van der Waals surface area contributed by atoms with Crippen LogP contribution in [0.25, 0.3) is 49.7 Å². The molecular formula is C41H25BN2O2. The Labute approximate surface area is 266 Å². The summed E-state index contributed by atoms with van der Waals surface area (Å²) >= 11 is 0. The van der Waals surface area contributed by atoms with Crippen LogP contribution in [0.5, 0.6) is 23.0 Å². The minimum Gasteiger partial charge on any atom is -0.458 e. The average molecular weight is 588 g/mol. The summed E-state index contributed by atoms with van der Waals surface area (Å²) < 4.78 is 15.7. The van der Waals surface area contributed by atoms with Crippen LogP contribution in [0.4, 0.5) is 0 Å². The molecule has 0 bridgehead atoms. The van der Waals surface area contributed by atoms with E-state index in [1.165, 1.54) is 21.8 Å². The van der Waals surface area contributed by atoms with Crippen LogP contribution in [-0.4, -0.2) is 16.3 Å². The summed E-state index contributed by atoms with van der Waals surface area (Å²) in [7, 11) is 0. The first-order valence-electron chi connectivity index (χ1n) is 15.6. The summed E-state index contributed by atoms with van der Waals surface area (Å²) in [6.45, 7) is 0.0216. The van der Waals surface area contributed by atoms with E-state index >= 15 is 0 Å². The maximum atomic E-state index is 6.74. The summed E-state index contributed by atoms with van der Waals surface area (Å²) in [5, 5.41) is 2.51. The van der Waals surface area contributed by atoms with E-state index in [4.69, 9.17) is 9.47 Å². The molecule has 8 aromatic rings. The summed E-state index contributed by atoms with van der Waals surface area (Å²) in [5.74, 6) is 3.41. The van der Waals surface area contributed by atoms with Gasteiger partial charge in [0.1, 0.15) is 23.0 Å². The van der Waals surface area contributed by atoms with Gasteiger partial charge in [-0.15, -0.1) is 0 Å². The lowest BCUT2D eigenvalue weighted by atomic mass is 9.35. The molecule has 0 N–H and O–H groups in total. The molecule has 0 atom stereocenters. The molecule has 0 fully saturated rings. The number of benzene rings is 6. The quantitative estimate of drug-likeness (QED) is 0.195. The fourth-order valence-electron chi connectivity index (χ4n) is 7.33. The van der Waals surface area contributed by atoms with Crippen molar-refractivity contribution in [1.82, 2.24) is 9.55 Å². The number of para-hydroxylation sites is 3. The second-order valence-corrected chi connectivity index (χ2v) is 12.0. The topological polar surface area (TPSA) is 36.3 Å². The van der Waals surface area contributed by atoms with Crippen LogP contribution < -0.4 is 25.9 Å². The van der Waals surface area contributed by atoms with Gasteiger partial charge in [0.25, 0.3) is 6.71 Å². The number of fused-ring (bicyclic) bond motifs is 7. The maximum absolute atomic E-state index is 6.74. The van der Waals surface area contributed by atoms with E-state index in [0.717, 1.165) is 67.3 Å². The smallest absolute Gasteiger partial charge is 0.260 e. The SMILES string of the molecule is c1cncc(-c2ccc3c(c2)Oc2cc(-c4ccc(-n5c6ccccc6c6ccccc65)cc4)cc4c2B3c2ccccc2O4)c1. The van der Waals surface area contributed by atoms with Gasteiger partial charge in [0.15, 0.2) is 0 Å². The van der Waals surface area contributed by atoms with E-state index in [0.29, 0.717) is 0 Å². The lowest BCUT2D eigenvalue weighted by Crippen LogP contribution is -2.57. The highest BCUT2D eigenvalue weighted by Gasteiger charge is 2.40. The summed E-state index contributed by atoms with van der Waals surface area (Å²) in [6.07, 6.45) is 3.69. The van der Waals surface area contributed by atoms with Gasteiger partial charge < -0.3 is 14.0 Å². The van der Waals surface area contributed by atoms with Gasteiger partial charge in [0, 0.05) is 39.9 Å². The van der Waals surface area contributed by atoms with Crippen LogP contribution in [0, 0.1) is 0 Å². The van der Waals surface area contributed by atoms with E-state index in [-0.39, 0.29) is 6.71 Å². The molecule has 2 aliphatic heterocycles. The van der Waals surface area contributed by atoms with Crippen molar-refractivity contribution in [2.45, 2.75) is 0 Å². The zero-order valence-corrected chi connectivity index (χ0v) is 24.7. The monoisotopic (exact) mass is 588 g/mol. The minimum absolute atomic E-state index is 0.0216. The lowest BCUT2D eigenvalue weighted by Gasteiger charge is -2.33. The van der Waals surface area contributed by atoms with E-state index in [1.54, 1.807) is 6.20 Å². The molecule has 0 radical (unpaired) electrons. The van der Waals surface area contributed by atoms with Gasteiger partial charge in [-0.25, -0.2) is 0 Å². The molecule has 4 heterocycles. The Morgan fingerprint density at radius 1 is 0.478 bits per heavy atom. The number of aromatic nitrogens is 2. The second-order valence-electron chi connectivity index (χ2n) is 12.0. The van der Waals surface area contributed by atoms with Crippen LogP contribution in [0.2, 0.25) is 0 Å². The predicted octanol–water partition coefficient (Wildman–Crippen LogP) is 8.24. The molecule has 0 spiro atoms. The third-order valence-corrected chi connectivity index (χ3v) is 9.42. The van der Waals surface area contributed by atoms with E-state index in [2.05, 4.69) is 137 Å². The van der Waals surface area contributed by atoms with Gasteiger partial charge in [-0.05, 0) is 82.2 Å². The number of pyridine rings is 1. The number of ether oxygens (including phenoxy) is 2. The van der Waals surface area contributed by atoms with Crippen molar-refractivity contribution in [3.05, 3.63) is 152 Å². The Balaban J connectivity index is 1.10. The molecule has 2 aromatic heterocycles. The Morgan fingerprint density at radius 3 is 1.85 bits per heavy atom. The van der Waals surface area contributed by atoms with Crippen molar-refractivity contribution in [1.29, 1.82) is 0 Å². The fraction of sp³-hybridized carbons (Fsp3) is 0. The third-order valence-electron chi connectivity index (χ3n) is 9.42. The van der Waals surface area contributed by atoms with Gasteiger partial charge in [-0.3, -0.25) is 4.98 Å². The van der Waals surface area contributed by atoms with Crippen LogP contribution in [-0.2, 0) is 0 Å². The zero-order chi connectivity index (χ0) is 30.2. The molecule has 46 heavy (non-hydrogen) atoms. The molecule has 0 unspecified atom stereocenters. The molecule has 2 aliphatic rings. The van der Waals surface area contributed by atoms with Crippen LogP contribution >= 0.6 is 0 Å². The molecule has 0 saturated carbocycles. The molecule has 0 saturated heterocycles. The van der Waals surface area contributed by atoms with Crippen molar-refractivity contribution >= 4 is 44.9 Å². The highest BCUT2D eigenvalue weighted by molar-refractivity contribution is 6.98. The first-order valence-corrected chi connectivity index (χ1v) is 15.6. The summed E-state index contributed by atoms with van der Waals surface area (Å²) in [5.41, 5.74) is 11.2. The molecule has 6 aromatic carbocycles. The van der Waals surface area contributed by atoms with Crippen molar-refractivity contribution in [3.8, 4) is 50.9 Å². The average Bonchev–Trinajstić information content (AvgIpc) is 3.46. The zero-order valence-electron chi connectivity index (χ0n) is 24.7. The van der Waals surface area contributed by atoms with E-state index < -0.39 is 0 Å². The number of nitrogens with zero attached hydrogens (tertiary/aromatic N) is 2. The minimum atomic E-state index is 0.0216. The highest BCUT2D eigenvalue weighted by Crippen LogP contribution is 2.40. The maximum Gasteiger partial charge on any atom is 0.260 e. The number of rotatable bonds is 3. The van der Waals surface area contributed by atoms with Crippen molar-refractivity contribution < 1.29 is 9.47 Å². The van der Waals surface area contributed by atoms with Gasteiger partial charge in [-0.2, -0.15) is 0 Å². The molecule has 10 rings (SSSR count). The molecule has 5 heteroatoms. The molecular weight excluding hydrogens is 563 g/mol. The van der Waals surface area contributed by atoms with Crippen LogP contribution in [0.3, 0.4) is 0 Å². The molecule has 4 nitrogen and oxygen atoms in total. The summed E-state index contributed by atoms with van der Waals surface area (Å²) in [4.78, 5) is 4.33. The fourth-order valence-corrected chi connectivity index (χ4v) is 7.33. The summed E-state index contributed by atoms with van der Waals surface area (Å²) in [6, 6.07) is 49.2. The number of hydrogen-bond acceptors (Lipinski definition) is 3. The van der Waals surface area contributed by atoms with Gasteiger partial charge in [-0.1, -0.05) is 84.9 Å². The molecule has 0 aliphatic carbocycles. The Kier molecular flexibility index (Phi) is 5.34. The predicted molar refractivity (Wildman–Crippen MR) is 187 cm³/mol. The Bertz CT molecular complexity index is 2430. The van der Waals surface area contributed by atoms with Gasteiger partial charge in [0.2, 0.25) is 0 Å². The second kappa shape index (κ2) is 9.72. The Hall–Kier alpha value is -6.07. The van der Waals surface area contributed by atoms with E-state index in [9.17, 15) is 0 Å². The first kappa shape index (κ1) is 25.3. The molecule has 214 valence electrons. The van der Waals surface area contributed by atoms with Crippen LogP contribution in [0.1, 0.15) is 0 Å². The van der Waals surface area contributed by atoms with Crippen molar-refractivity contribution in [2.75, 3.05) is 0 Å². The highest BCUT2D eigenvalue weighted by atomic mass is 16.5. The largest absolute Gasteiger partial charge is 0.458 e. The van der Waals surface area contributed by atoms with Crippen molar-refractivity contribution in [3.63, 3.8) is 0 Å². The molecule has 0 amide bonds. The van der Waals surface area contributed by atoms with Gasteiger partial charge >= 0.3 is 0 Å². The van der Waals surface area contributed by atoms with Gasteiger partial charge in [0.05, 0.1) is 11.0 Å². The van der Waals surface area contributed by atoms with Crippen molar-refractivity contribution in [2.24, 2.45) is 0 Å². The third kappa shape index (κ3) is 3.72. The van der Waals surface area contributed by atoms with Crippen LogP contribution in [0.15, 0.2) is 152 Å². The first-order chi connectivity index (χ1) is 22.8. The standard InChI is InChI=1S/C41H25BN2O2/c1-4-12-35-31(9-1)32-10-2-5-13-36(32)44(35)30-18-15-26(16-19-30)29-23-39-41-40(24-29)46-38-22-27(28-8-7-21-43-25-28)17-20-34(38)42(41)33-11-3-6-14-37(33)45-39/h1-25H. The van der Waals surface area contributed by atoms with E-state index in [1.807, 2.05) is 18.3 Å². The normalized spacial score (nSPS) is 12.7. The lowest BCUT2D eigenvalue weighted by molar-refractivity contribution is 0.465. The number of hydrogen-bond donors (Lipinski definition) is 0. The Morgan fingerprint density at radius 2 is 1.11 bits per heavy atom.